The van der Waals surface area contributed by atoms with Gasteiger partial charge in [0, 0.05) is 43.0 Å². The smallest absolute Gasteiger partial charge is 0.262 e. The Bertz CT molecular complexity index is 1050. The van der Waals surface area contributed by atoms with E-state index in [4.69, 9.17) is 4.74 Å². The topological polar surface area (TPSA) is 102 Å². The average Bonchev–Trinajstić information content (AvgIpc) is 3.13. The molecule has 0 atom stereocenters. The number of nitrogens with zero attached hydrogens (tertiary/aromatic N) is 2. The third-order valence-electron chi connectivity index (χ3n) is 5.12. The van der Waals surface area contributed by atoms with Crippen LogP contribution in [0.5, 0.6) is 17.2 Å². The van der Waals surface area contributed by atoms with Crippen molar-refractivity contribution in [2.45, 2.75) is 20.0 Å². The zero-order chi connectivity index (χ0) is 22.7. The van der Waals surface area contributed by atoms with Crippen molar-refractivity contribution in [1.29, 1.82) is 0 Å². The van der Waals surface area contributed by atoms with Gasteiger partial charge in [0.05, 0.1) is 7.11 Å². The van der Waals surface area contributed by atoms with E-state index in [0.29, 0.717) is 30.9 Å². The van der Waals surface area contributed by atoms with E-state index in [-0.39, 0.29) is 28.7 Å². The van der Waals surface area contributed by atoms with Gasteiger partial charge in [-0.05, 0) is 44.3 Å². The van der Waals surface area contributed by atoms with Gasteiger partial charge in [0.2, 0.25) is 5.91 Å². The number of carbonyl (C=O) groups is 2. The summed E-state index contributed by atoms with van der Waals surface area (Å²) in [7, 11) is 5.23. The normalized spacial score (nSPS) is 13.0. The van der Waals surface area contributed by atoms with Crippen molar-refractivity contribution >= 4 is 17.5 Å². The van der Waals surface area contributed by atoms with Crippen LogP contribution in [0.15, 0.2) is 36.4 Å². The van der Waals surface area contributed by atoms with E-state index in [1.807, 2.05) is 31.1 Å². The molecule has 0 aliphatic carbocycles. The lowest BCUT2D eigenvalue weighted by molar-refractivity contribution is -0.111. The van der Waals surface area contributed by atoms with Crippen molar-refractivity contribution in [3.63, 3.8) is 0 Å². The highest BCUT2D eigenvalue weighted by Gasteiger charge is 2.30. The molecule has 3 N–H and O–H groups in total. The summed E-state index contributed by atoms with van der Waals surface area (Å²) >= 11 is 0. The molecular formula is C23H27N3O5. The maximum atomic E-state index is 13.1. The van der Waals surface area contributed by atoms with Gasteiger partial charge in [0.1, 0.15) is 22.8 Å². The molecule has 8 heteroatoms. The molecule has 0 radical (unpaired) electrons. The van der Waals surface area contributed by atoms with Crippen LogP contribution in [-0.4, -0.2) is 59.6 Å². The van der Waals surface area contributed by atoms with Gasteiger partial charge in [-0.2, -0.15) is 0 Å². The molecule has 1 aliphatic heterocycles. The Kier molecular flexibility index (Phi) is 6.50. The number of rotatable bonds is 6. The minimum absolute atomic E-state index is 0.0187. The van der Waals surface area contributed by atoms with Crippen LogP contribution in [0, 0.1) is 6.92 Å². The van der Waals surface area contributed by atoms with Crippen molar-refractivity contribution in [2.75, 3.05) is 33.1 Å². The maximum Gasteiger partial charge on any atom is 0.262 e. The molecule has 0 bridgehead atoms. The second kappa shape index (κ2) is 9.09. The maximum absolute atomic E-state index is 13.1. The first-order valence-corrected chi connectivity index (χ1v) is 9.84. The fourth-order valence-electron chi connectivity index (χ4n) is 3.52. The standard InChI is InChI=1S/C23H27N3O5/c1-14-18(27)11-19(28)21(22(14)31-4)23(30)26-12-15-7-8-17(10-16(15)13-26)24-20(29)6-5-9-25(2)3/h5-8,10-11,27-28H,9,12-13H2,1-4H3,(H,24,29)/b6-5+. The van der Waals surface area contributed by atoms with Crippen molar-refractivity contribution in [1.82, 2.24) is 9.80 Å². The summed E-state index contributed by atoms with van der Waals surface area (Å²) in [6.45, 7) is 2.98. The Hall–Kier alpha value is -3.52. The number of carbonyl (C=O) groups excluding carboxylic acids is 2. The summed E-state index contributed by atoms with van der Waals surface area (Å²) in [5.74, 6) is -0.947. The van der Waals surface area contributed by atoms with Gasteiger partial charge < -0.3 is 30.1 Å². The van der Waals surface area contributed by atoms with Crippen LogP contribution in [0.3, 0.4) is 0 Å². The Morgan fingerprint density at radius 1 is 1.16 bits per heavy atom. The molecule has 1 aliphatic rings. The number of anilines is 1. The lowest BCUT2D eigenvalue weighted by Gasteiger charge is -2.19. The molecule has 31 heavy (non-hydrogen) atoms. The van der Waals surface area contributed by atoms with Crippen LogP contribution in [0.1, 0.15) is 27.0 Å². The molecule has 164 valence electrons. The monoisotopic (exact) mass is 425 g/mol. The zero-order valence-electron chi connectivity index (χ0n) is 18.1. The minimum atomic E-state index is -0.397. The van der Waals surface area contributed by atoms with Gasteiger partial charge in [0.15, 0.2) is 0 Å². The van der Waals surface area contributed by atoms with Crippen LogP contribution >= 0.6 is 0 Å². The number of amides is 2. The Labute approximate surface area is 181 Å². The number of hydrogen-bond donors (Lipinski definition) is 3. The Balaban J connectivity index is 1.76. The highest BCUT2D eigenvalue weighted by molar-refractivity contribution is 6.01. The summed E-state index contributed by atoms with van der Waals surface area (Å²) in [5.41, 5.74) is 2.92. The first-order chi connectivity index (χ1) is 14.7. The van der Waals surface area contributed by atoms with Crippen LogP contribution < -0.4 is 10.1 Å². The van der Waals surface area contributed by atoms with E-state index in [9.17, 15) is 19.8 Å². The van der Waals surface area contributed by atoms with Gasteiger partial charge in [0.25, 0.3) is 5.91 Å². The number of nitrogens with one attached hydrogen (secondary N) is 1. The number of phenolic OH excluding ortho intramolecular Hbond substituents is 2. The van der Waals surface area contributed by atoms with Crippen molar-refractivity contribution in [3.8, 4) is 17.2 Å². The molecule has 0 unspecified atom stereocenters. The molecule has 0 spiro atoms. The summed E-state index contributed by atoms with van der Waals surface area (Å²) in [6, 6.07) is 6.67. The lowest BCUT2D eigenvalue weighted by Crippen LogP contribution is -2.26. The molecule has 0 fully saturated rings. The summed E-state index contributed by atoms with van der Waals surface area (Å²) in [6.07, 6.45) is 3.27. The molecule has 2 aromatic rings. The highest BCUT2D eigenvalue weighted by Crippen LogP contribution is 2.39. The highest BCUT2D eigenvalue weighted by atomic mass is 16.5. The summed E-state index contributed by atoms with van der Waals surface area (Å²) in [4.78, 5) is 28.7. The van der Waals surface area contributed by atoms with Crippen molar-refractivity contribution in [2.24, 2.45) is 0 Å². The summed E-state index contributed by atoms with van der Waals surface area (Å²) < 4.78 is 5.28. The number of likely N-dealkylation sites (N-methyl/N-ethyl adjacent to an activating group) is 1. The Morgan fingerprint density at radius 2 is 1.87 bits per heavy atom. The first-order valence-electron chi connectivity index (χ1n) is 9.84. The largest absolute Gasteiger partial charge is 0.507 e. The molecule has 3 rings (SSSR count). The first kappa shape index (κ1) is 22.2. The van der Waals surface area contributed by atoms with Gasteiger partial charge in [-0.25, -0.2) is 0 Å². The van der Waals surface area contributed by atoms with E-state index in [2.05, 4.69) is 5.32 Å². The van der Waals surface area contributed by atoms with E-state index < -0.39 is 5.91 Å². The fraction of sp³-hybridized carbons (Fsp3) is 0.304. The minimum Gasteiger partial charge on any atom is -0.507 e. The molecule has 8 nitrogen and oxygen atoms in total. The summed E-state index contributed by atoms with van der Waals surface area (Å²) in [5, 5.41) is 23.0. The van der Waals surface area contributed by atoms with Crippen LogP contribution in [-0.2, 0) is 17.9 Å². The molecule has 2 amide bonds. The number of phenols is 2. The molecule has 1 heterocycles. The zero-order valence-corrected chi connectivity index (χ0v) is 18.1. The van der Waals surface area contributed by atoms with E-state index in [1.165, 1.54) is 13.2 Å². The molecular weight excluding hydrogens is 398 g/mol. The van der Waals surface area contributed by atoms with Crippen molar-refractivity contribution < 1.29 is 24.5 Å². The molecule has 0 saturated heterocycles. The average molecular weight is 425 g/mol. The van der Waals surface area contributed by atoms with Gasteiger partial charge in [-0.3, -0.25) is 9.59 Å². The van der Waals surface area contributed by atoms with E-state index in [0.717, 1.165) is 17.2 Å². The van der Waals surface area contributed by atoms with Crippen molar-refractivity contribution in [3.05, 3.63) is 58.7 Å². The van der Waals surface area contributed by atoms with Crippen LogP contribution in [0.2, 0.25) is 0 Å². The third kappa shape index (κ3) is 4.80. The van der Waals surface area contributed by atoms with Gasteiger partial charge in [-0.1, -0.05) is 12.1 Å². The number of fused-ring (bicyclic) bond motifs is 1. The van der Waals surface area contributed by atoms with E-state index in [1.54, 1.807) is 24.0 Å². The predicted molar refractivity (Wildman–Crippen MR) is 117 cm³/mol. The van der Waals surface area contributed by atoms with Gasteiger partial charge in [-0.15, -0.1) is 0 Å². The van der Waals surface area contributed by atoms with E-state index >= 15 is 0 Å². The molecule has 0 aromatic heterocycles. The molecule has 0 saturated carbocycles. The molecule has 2 aromatic carbocycles. The number of hydrogen-bond acceptors (Lipinski definition) is 6. The predicted octanol–water partition coefficient (Wildman–Crippen LogP) is 2.63. The second-order valence-electron chi connectivity index (χ2n) is 7.75. The number of methoxy groups -OCH3 is 1. The SMILES string of the molecule is COc1c(C)c(O)cc(O)c1C(=O)N1Cc2ccc(NC(=O)/C=C/CN(C)C)cc2C1. The van der Waals surface area contributed by atoms with Crippen LogP contribution in [0.25, 0.3) is 0 Å². The number of ether oxygens (including phenoxy) is 1. The fourth-order valence-corrected chi connectivity index (χ4v) is 3.52. The van der Waals surface area contributed by atoms with Crippen LogP contribution in [0.4, 0.5) is 5.69 Å². The second-order valence-corrected chi connectivity index (χ2v) is 7.75. The Morgan fingerprint density at radius 3 is 2.55 bits per heavy atom. The number of aromatic hydroxyl groups is 2. The quantitative estimate of drug-likeness (QED) is 0.615. The third-order valence-corrected chi connectivity index (χ3v) is 5.12. The van der Waals surface area contributed by atoms with Gasteiger partial charge >= 0.3 is 0 Å². The number of benzene rings is 2. The lowest BCUT2D eigenvalue weighted by atomic mass is 10.1.